The Bertz CT molecular complexity index is 3430. The maximum absolute atomic E-state index is 5.52. The van der Waals surface area contributed by atoms with Crippen molar-refractivity contribution in [2.45, 2.75) is 0 Å². The lowest BCUT2D eigenvalue weighted by Gasteiger charge is -2.24. The molecule has 310 valence electrons. The van der Waals surface area contributed by atoms with E-state index in [1.165, 1.54) is 5.56 Å². The largest absolute Gasteiger partial charge is 0.248 e. The molecule has 11 aromatic rings. The highest BCUT2D eigenvalue weighted by Gasteiger charge is 2.24. The third-order valence-corrected chi connectivity index (χ3v) is 11.9. The Morgan fingerprint density at radius 3 is 1.06 bits per heavy atom. The van der Waals surface area contributed by atoms with Gasteiger partial charge in [0, 0.05) is 27.8 Å². The summed E-state index contributed by atoms with van der Waals surface area (Å²) in [6.45, 7) is 0. The first-order valence-corrected chi connectivity index (χ1v) is 22.2. The summed E-state index contributed by atoms with van der Waals surface area (Å²) in [7, 11) is 0. The number of nitrogens with zero attached hydrogens (tertiary/aromatic N) is 4. The van der Waals surface area contributed by atoms with Gasteiger partial charge in [-0.15, -0.1) is 0 Å². The van der Waals surface area contributed by atoms with Gasteiger partial charge in [-0.3, -0.25) is 0 Å². The molecule has 11 rings (SSSR count). The van der Waals surface area contributed by atoms with Crippen LogP contribution in [0.4, 0.5) is 0 Å². The standard InChI is InChI=1S/C62H42N4/c1-7-22-43(23-8-1)49-34-19-36-51(40-49)61-64-60(48-32-17-6-18-33-48)65-62(66-61)52-37-20-35-50(41-52)55-38-21-39-56(63-55)54-42-53(44-24-9-2-10-25-44)57(45-26-11-3-12-27-45)59(47-30-15-5-16-31-47)58(54)46-28-13-4-14-29-46/h1-42H. The Balaban J connectivity index is 1.08. The Morgan fingerprint density at radius 1 is 0.182 bits per heavy atom. The second-order valence-corrected chi connectivity index (χ2v) is 16.2. The number of aromatic nitrogens is 4. The van der Waals surface area contributed by atoms with Gasteiger partial charge in [0.2, 0.25) is 0 Å². The molecule has 0 aliphatic carbocycles. The Labute approximate surface area is 385 Å². The van der Waals surface area contributed by atoms with Crippen LogP contribution in [0, 0.1) is 0 Å². The number of hydrogen-bond donors (Lipinski definition) is 0. The van der Waals surface area contributed by atoms with E-state index in [1.807, 2.05) is 36.4 Å². The zero-order valence-electron chi connectivity index (χ0n) is 36.0. The second-order valence-electron chi connectivity index (χ2n) is 16.2. The average molecular weight is 843 g/mol. The van der Waals surface area contributed by atoms with Crippen LogP contribution in [0.3, 0.4) is 0 Å². The Morgan fingerprint density at radius 2 is 0.530 bits per heavy atom. The highest BCUT2D eigenvalue weighted by molar-refractivity contribution is 6.07. The molecule has 66 heavy (non-hydrogen) atoms. The fraction of sp³-hybridized carbons (Fsp3) is 0. The van der Waals surface area contributed by atoms with E-state index in [0.29, 0.717) is 17.5 Å². The fourth-order valence-electron chi connectivity index (χ4n) is 8.82. The van der Waals surface area contributed by atoms with Gasteiger partial charge in [0.15, 0.2) is 17.5 Å². The molecule has 9 aromatic carbocycles. The van der Waals surface area contributed by atoms with Crippen LogP contribution in [0.2, 0.25) is 0 Å². The normalized spacial score (nSPS) is 11.0. The van der Waals surface area contributed by atoms with E-state index < -0.39 is 0 Å². The number of pyridine rings is 1. The van der Waals surface area contributed by atoms with Crippen molar-refractivity contribution in [2.75, 3.05) is 0 Å². The van der Waals surface area contributed by atoms with Crippen LogP contribution in [0.25, 0.3) is 112 Å². The smallest absolute Gasteiger partial charge is 0.164 e. The Hall–Kier alpha value is -8.86. The molecule has 0 unspecified atom stereocenters. The van der Waals surface area contributed by atoms with Crippen molar-refractivity contribution in [3.8, 4) is 112 Å². The van der Waals surface area contributed by atoms with E-state index in [-0.39, 0.29) is 0 Å². The summed E-state index contributed by atoms with van der Waals surface area (Å²) in [5.41, 5.74) is 17.8. The quantitative estimate of drug-likeness (QED) is 0.138. The summed E-state index contributed by atoms with van der Waals surface area (Å²) in [6, 6.07) is 88.9. The van der Waals surface area contributed by atoms with Gasteiger partial charge in [-0.05, 0) is 86.0 Å². The first-order valence-electron chi connectivity index (χ1n) is 22.2. The molecule has 0 amide bonds. The van der Waals surface area contributed by atoms with Gasteiger partial charge in [-0.25, -0.2) is 19.9 Å². The van der Waals surface area contributed by atoms with Gasteiger partial charge in [0.25, 0.3) is 0 Å². The molecule has 0 saturated carbocycles. The predicted octanol–water partition coefficient (Wildman–Crippen LogP) is 15.9. The van der Waals surface area contributed by atoms with Crippen LogP contribution < -0.4 is 0 Å². The molecule has 2 aromatic heterocycles. The molecule has 0 spiro atoms. The van der Waals surface area contributed by atoms with Crippen LogP contribution in [0.15, 0.2) is 255 Å². The number of hydrogen-bond acceptors (Lipinski definition) is 4. The first-order chi connectivity index (χ1) is 32.7. The van der Waals surface area contributed by atoms with E-state index in [4.69, 9.17) is 19.9 Å². The summed E-state index contributed by atoms with van der Waals surface area (Å²) >= 11 is 0. The van der Waals surface area contributed by atoms with Crippen molar-refractivity contribution in [3.05, 3.63) is 255 Å². The van der Waals surface area contributed by atoms with Gasteiger partial charge in [-0.2, -0.15) is 0 Å². The molecule has 0 saturated heterocycles. The molecule has 0 aliphatic heterocycles. The third-order valence-electron chi connectivity index (χ3n) is 11.9. The maximum Gasteiger partial charge on any atom is 0.164 e. The summed E-state index contributed by atoms with van der Waals surface area (Å²) in [5.74, 6) is 1.81. The van der Waals surface area contributed by atoms with E-state index in [9.17, 15) is 0 Å². The minimum atomic E-state index is 0.588. The van der Waals surface area contributed by atoms with Crippen LogP contribution in [-0.2, 0) is 0 Å². The summed E-state index contributed by atoms with van der Waals surface area (Å²) < 4.78 is 0. The molecule has 0 fully saturated rings. The zero-order chi connectivity index (χ0) is 44.1. The summed E-state index contributed by atoms with van der Waals surface area (Å²) in [5, 5.41) is 0. The molecule has 0 N–H and O–H groups in total. The van der Waals surface area contributed by atoms with Gasteiger partial charge < -0.3 is 0 Å². The lowest BCUT2D eigenvalue weighted by Crippen LogP contribution is -2.00. The van der Waals surface area contributed by atoms with Crippen LogP contribution in [0.5, 0.6) is 0 Å². The summed E-state index contributed by atoms with van der Waals surface area (Å²) in [4.78, 5) is 20.8. The second kappa shape index (κ2) is 18.1. The molecular formula is C62H42N4. The molecular weight excluding hydrogens is 801 g/mol. The van der Waals surface area contributed by atoms with E-state index in [2.05, 4.69) is 218 Å². The van der Waals surface area contributed by atoms with E-state index in [1.54, 1.807) is 0 Å². The van der Waals surface area contributed by atoms with Crippen molar-refractivity contribution in [2.24, 2.45) is 0 Å². The van der Waals surface area contributed by atoms with Crippen molar-refractivity contribution in [3.63, 3.8) is 0 Å². The Kier molecular flexibility index (Phi) is 10.9. The zero-order valence-corrected chi connectivity index (χ0v) is 36.0. The number of benzene rings is 9. The van der Waals surface area contributed by atoms with Gasteiger partial charge >= 0.3 is 0 Å². The van der Waals surface area contributed by atoms with Gasteiger partial charge in [0.05, 0.1) is 11.4 Å². The topological polar surface area (TPSA) is 51.6 Å². The molecule has 0 bridgehead atoms. The molecule has 0 radical (unpaired) electrons. The van der Waals surface area contributed by atoms with Gasteiger partial charge in [0.1, 0.15) is 0 Å². The van der Waals surface area contributed by atoms with E-state index >= 15 is 0 Å². The first kappa shape index (κ1) is 40.0. The molecule has 4 heteroatoms. The van der Waals surface area contributed by atoms with Gasteiger partial charge in [-0.1, -0.05) is 224 Å². The lowest BCUT2D eigenvalue weighted by molar-refractivity contribution is 1.07. The highest BCUT2D eigenvalue weighted by Crippen LogP contribution is 2.50. The lowest BCUT2D eigenvalue weighted by atomic mass is 9.79. The minimum absolute atomic E-state index is 0.588. The monoisotopic (exact) mass is 842 g/mol. The van der Waals surface area contributed by atoms with Crippen molar-refractivity contribution in [1.29, 1.82) is 0 Å². The molecule has 4 nitrogen and oxygen atoms in total. The maximum atomic E-state index is 5.52. The SMILES string of the molecule is c1ccc(-c2cccc(-c3nc(-c4ccccc4)nc(-c4cccc(-c5cccc(-c6cc(-c7ccccc7)c(-c7ccccc7)c(-c7ccccc7)c6-c6ccccc6)n5)c4)n3)c2)cc1. The summed E-state index contributed by atoms with van der Waals surface area (Å²) in [6.07, 6.45) is 0. The van der Waals surface area contributed by atoms with E-state index in [0.717, 1.165) is 89.3 Å². The molecule has 0 aliphatic rings. The van der Waals surface area contributed by atoms with Crippen LogP contribution in [0.1, 0.15) is 0 Å². The van der Waals surface area contributed by atoms with Crippen LogP contribution >= 0.6 is 0 Å². The number of rotatable bonds is 10. The predicted molar refractivity (Wildman–Crippen MR) is 272 cm³/mol. The highest BCUT2D eigenvalue weighted by atomic mass is 15.0. The van der Waals surface area contributed by atoms with Crippen molar-refractivity contribution >= 4 is 0 Å². The third kappa shape index (κ3) is 8.11. The van der Waals surface area contributed by atoms with Crippen molar-refractivity contribution < 1.29 is 0 Å². The van der Waals surface area contributed by atoms with Crippen molar-refractivity contribution in [1.82, 2.24) is 19.9 Å². The minimum Gasteiger partial charge on any atom is -0.248 e. The molecule has 0 atom stereocenters. The fourth-order valence-corrected chi connectivity index (χ4v) is 8.82. The van der Waals surface area contributed by atoms with Crippen LogP contribution in [-0.4, -0.2) is 19.9 Å². The molecule has 2 heterocycles. The average Bonchev–Trinajstić information content (AvgIpc) is 3.41.